The van der Waals surface area contributed by atoms with Gasteiger partial charge in [0.25, 0.3) is 0 Å². The lowest BCUT2D eigenvalue weighted by atomic mass is 9.73. The number of rotatable bonds is 3. The number of benzene rings is 3. The van der Waals surface area contributed by atoms with Gasteiger partial charge in [-0.1, -0.05) is 78.9 Å². The van der Waals surface area contributed by atoms with Crippen LogP contribution in [-0.2, 0) is 11.8 Å². The molecule has 0 radical (unpaired) electrons. The predicted octanol–water partition coefficient (Wildman–Crippen LogP) is 5.95. The smallest absolute Gasteiger partial charge is 0.119 e. The molecule has 0 aromatic heterocycles. The second-order valence-electron chi connectivity index (χ2n) is 7.46. The first kappa shape index (κ1) is 16.1. The van der Waals surface area contributed by atoms with Crippen molar-refractivity contribution in [3.8, 4) is 5.75 Å². The van der Waals surface area contributed by atoms with Gasteiger partial charge in [0.05, 0.1) is 7.11 Å². The van der Waals surface area contributed by atoms with Crippen LogP contribution in [0, 0.1) is 0 Å². The molecule has 0 saturated carbocycles. The van der Waals surface area contributed by atoms with Gasteiger partial charge in [0, 0.05) is 5.41 Å². The number of methoxy groups -OCH3 is 1. The summed E-state index contributed by atoms with van der Waals surface area (Å²) in [6.45, 7) is 0. The molecule has 0 fully saturated rings. The molecule has 3 aromatic rings. The molecule has 5 rings (SSSR count). The molecule has 27 heavy (non-hydrogen) atoms. The number of allylic oxidation sites excluding steroid dienone is 3. The zero-order valence-corrected chi connectivity index (χ0v) is 15.5. The Hall–Kier alpha value is -3.06. The van der Waals surface area contributed by atoms with Crippen LogP contribution in [0.1, 0.15) is 28.7 Å². The van der Waals surface area contributed by atoms with Crippen LogP contribution in [0.5, 0.6) is 5.75 Å². The maximum atomic E-state index is 5.43. The second kappa shape index (κ2) is 6.28. The minimum Gasteiger partial charge on any atom is -0.497 e. The van der Waals surface area contributed by atoms with Crippen LogP contribution in [0.3, 0.4) is 0 Å². The van der Waals surface area contributed by atoms with E-state index < -0.39 is 0 Å². The van der Waals surface area contributed by atoms with Gasteiger partial charge in [-0.3, -0.25) is 0 Å². The van der Waals surface area contributed by atoms with Crippen molar-refractivity contribution >= 4 is 6.08 Å². The lowest BCUT2D eigenvalue weighted by molar-refractivity contribution is 0.414. The summed E-state index contributed by atoms with van der Waals surface area (Å²) in [6.07, 6.45) is 6.87. The van der Waals surface area contributed by atoms with Gasteiger partial charge in [-0.25, -0.2) is 0 Å². The van der Waals surface area contributed by atoms with Crippen molar-refractivity contribution in [1.29, 1.82) is 0 Å². The van der Waals surface area contributed by atoms with E-state index in [9.17, 15) is 0 Å². The van der Waals surface area contributed by atoms with Gasteiger partial charge in [-0.15, -0.1) is 0 Å². The van der Waals surface area contributed by atoms with Gasteiger partial charge in [0.1, 0.15) is 5.75 Å². The normalized spacial score (nSPS) is 16.8. The largest absolute Gasteiger partial charge is 0.497 e. The third-order valence-corrected chi connectivity index (χ3v) is 5.94. The van der Waals surface area contributed by atoms with Crippen molar-refractivity contribution in [1.82, 2.24) is 0 Å². The van der Waals surface area contributed by atoms with Crippen molar-refractivity contribution in [3.63, 3.8) is 0 Å². The van der Waals surface area contributed by atoms with Gasteiger partial charge in [-0.05, 0) is 58.4 Å². The Bertz CT molecular complexity index is 1000. The highest BCUT2D eigenvalue weighted by molar-refractivity contribution is 5.72. The highest BCUT2D eigenvalue weighted by Crippen LogP contribution is 2.50. The summed E-state index contributed by atoms with van der Waals surface area (Å²) in [5, 5.41) is 0. The SMILES string of the molecule is COc1ccc2c(c1)C=C1CC(c3ccccc3)(c3ccccc3)C=C1C2. The zero-order valence-electron chi connectivity index (χ0n) is 15.5. The number of ether oxygens (including phenoxy) is 1. The Morgan fingerprint density at radius 2 is 1.44 bits per heavy atom. The minimum atomic E-state index is -0.0875. The Kier molecular flexibility index (Phi) is 3.75. The fourth-order valence-electron chi connectivity index (χ4n) is 4.56. The molecule has 1 heteroatoms. The predicted molar refractivity (Wildman–Crippen MR) is 111 cm³/mol. The van der Waals surface area contributed by atoms with Crippen LogP contribution < -0.4 is 4.74 Å². The lowest BCUT2D eigenvalue weighted by Gasteiger charge is -2.29. The Labute approximate surface area is 160 Å². The standard InChI is InChI=1S/C26H22O/c1-27-25-13-12-19-14-21-17-26(23-8-4-2-5-9-23,24-10-6-3-7-11-24)18-22(21)15-20(19)16-25/h2-13,15-17H,14,18H2,1H3. The maximum absolute atomic E-state index is 5.43. The van der Waals surface area contributed by atoms with E-state index >= 15 is 0 Å². The summed E-state index contributed by atoms with van der Waals surface area (Å²) in [7, 11) is 1.73. The first-order valence-corrected chi connectivity index (χ1v) is 9.49. The Morgan fingerprint density at radius 1 is 0.778 bits per heavy atom. The van der Waals surface area contributed by atoms with Crippen LogP contribution in [0.2, 0.25) is 0 Å². The summed E-state index contributed by atoms with van der Waals surface area (Å²) in [6, 6.07) is 28.3. The monoisotopic (exact) mass is 350 g/mol. The molecule has 0 saturated heterocycles. The van der Waals surface area contributed by atoms with Crippen molar-refractivity contribution in [2.45, 2.75) is 18.3 Å². The van der Waals surface area contributed by atoms with E-state index in [0.717, 1.165) is 18.6 Å². The first-order chi connectivity index (χ1) is 13.3. The molecule has 2 aliphatic carbocycles. The van der Waals surface area contributed by atoms with E-state index in [4.69, 9.17) is 4.74 Å². The van der Waals surface area contributed by atoms with Gasteiger partial charge < -0.3 is 4.74 Å². The number of hydrogen-bond acceptors (Lipinski definition) is 1. The molecule has 3 aromatic carbocycles. The molecule has 0 spiro atoms. The quantitative estimate of drug-likeness (QED) is 0.567. The first-order valence-electron chi connectivity index (χ1n) is 9.49. The van der Waals surface area contributed by atoms with Crippen LogP contribution in [-0.4, -0.2) is 7.11 Å². The molecule has 2 aliphatic rings. The number of hydrogen-bond donors (Lipinski definition) is 0. The summed E-state index contributed by atoms with van der Waals surface area (Å²) in [5.74, 6) is 0.924. The lowest BCUT2D eigenvalue weighted by Crippen LogP contribution is -2.22. The Morgan fingerprint density at radius 3 is 2.07 bits per heavy atom. The average molecular weight is 350 g/mol. The third kappa shape index (κ3) is 2.62. The molecule has 0 atom stereocenters. The zero-order chi connectivity index (χ0) is 18.3. The topological polar surface area (TPSA) is 9.23 Å². The van der Waals surface area contributed by atoms with Crippen molar-refractivity contribution in [3.05, 3.63) is 118 Å². The van der Waals surface area contributed by atoms with Gasteiger partial charge >= 0.3 is 0 Å². The summed E-state index contributed by atoms with van der Waals surface area (Å²) in [4.78, 5) is 0. The molecule has 1 nitrogen and oxygen atoms in total. The van der Waals surface area contributed by atoms with Crippen LogP contribution in [0.25, 0.3) is 6.08 Å². The number of fused-ring (bicyclic) bond motifs is 2. The van der Waals surface area contributed by atoms with Crippen LogP contribution >= 0.6 is 0 Å². The molecule has 0 N–H and O–H groups in total. The summed E-state index contributed by atoms with van der Waals surface area (Å²) >= 11 is 0. The minimum absolute atomic E-state index is 0.0875. The van der Waals surface area contributed by atoms with Gasteiger partial charge in [0.15, 0.2) is 0 Å². The van der Waals surface area contributed by atoms with E-state index in [0.29, 0.717) is 0 Å². The van der Waals surface area contributed by atoms with E-state index in [1.807, 2.05) is 0 Å². The molecule has 0 unspecified atom stereocenters. The van der Waals surface area contributed by atoms with Crippen molar-refractivity contribution < 1.29 is 4.74 Å². The van der Waals surface area contributed by atoms with Gasteiger partial charge in [0.2, 0.25) is 0 Å². The van der Waals surface area contributed by atoms with Gasteiger partial charge in [-0.2, -0.15) is 0 Å². The molecule has 0 amide bonds. The van der Waals surface area contributed by atoms with Crippen molar-refractivity contribution in [2.75, 3.05) is 7.11 Å². The fraction of sp³-hybridized carbons (Fsp3) is 0.154. The van der Waals surface area contributed by atoms with Crippen LogP contribution in [0.4, 0.5) is 0 Å². The van der Waals surface area contributed by atoms with Crippen molar-refractivity contribution in [2.24, 2.45) is 0 Å². The summed E-state index contributed by atoms with van der Waals surface area (Å²) in [5.41, 5.74) is 8.21. The molecule has 0 bridgehead atoms. The highest BCUT2D eigenvalue weighted by atomic mass is 16.5. The summed E-state index contributed by atoms with van der Waals surface area (Å²) < 4.78 is 5.43. The van der Waals surface area contributed by atoms with E-state index in [1.165, 1.54) is 33.4 Å². The molecular weight excluding hydrogens is 328 g/mol. The van der Waals surface area contributed by atoms with E-state index in [1.54, 1.807) is 7.11 Å². The maximum Gasteiger partial charge on any atom is 0.119 e. The Balaban J connectivity index is 1.66. The fourth-order valence-corrected chi connectivity index (χ4v) is 4.56. The molecular formula is C26H22O. The average Bonchev–Trinajstić information content (AvgIpc) is 3.12. The van der Waals surface area contributed by atoms with E-state index in [-0.39, 0.29) is 5.41 Å². The second-order valence-corrected chi connectivity index (χ2v) is 7.46. The van der Waals surface area contributed by atoms with Crippen LogP contribution in [0.15, 0.2) is 96.1 Å². The molecule has 132 valence electrons. The molecule has 0 heterocycles. The third-order valence-electron chi connectivity index (χ3n) is 5.94. The highest BCUT2D eigenvalue weighted by Gasteiger charge is 2.39. The van der Waals surface area contributed by atoms with E-state index in [2.05, 4.69) is 91.0 Å². The molecule has 0 aliphatic heterocycles.